The van der Waals surface area contributed by atoms with E-state index in [0.29, 0.717) is 31.0 Å². The Bertz CT molecular complexity index is 859. The third-order valence-electron chi connectivity index (χ3n) is 5.34. The van der Waals surface area contributed by atoms with Gasteiger partial charge in [-0.05, 0) is 67.0 Å². The minimum absolute atomic E-state index is 0.0000145. The van der Waals surface area contributed by atoms with E-state index < -0.39 is 6.04 Å². The van der Waals surface area contributed by atoms with Crippen LogP contribution in [0.15, 0.2) is 53.4 Å². The molecule has 7 heteroatoms. The third-order valence-corrected chi connectivity index (χ3v) is 6.70. The van der Waals surface area contributed by atoms with Crippen LogP contribution in [-0.4, -0.2) is 42.2 Å². The molecule has 33 heavy (non-hydrogen) atoms. The second-order valence-electron chi connectivity index (χ2n) is 7.84. The van der Waals surface area contributed by atoms with Gasteiger partial charge in [0.15, 0.2) is 0 Å². The summed E-state index contributed by atoms with van der Waals surface area (Å²) in [6, 6.07) is 14.9. The fraction of sp³-hybridized carbons (Fsp3) is 0.462. The normalized spacial score (nSPS) is 11.6. The Balaban J connectivity index is 2.03. The number of nitrogens with zero attached hydrogens (tertiary/aromatic N) is 1. The lowest BCUT2D eigenvalue weighted by atomic mass is 10.1. The van der Waals surface area contributed by atoms with Crippen LogP contribution in [0.2, 0.25) is 5.02 Å². The van der Waals surface area contributed by atoms with Gasteiger partial charge in [-0.2, -0.15) is 0 Å². The van der Waals surface area contributed by atoms with Crippen molar-refractivity contribution in [1.29, 1.82) is 0 Å². The number of carbonyl (C=O) groups excluding carboxylic acids is 2. The summed E-state index contributed by atoms with van der Waals surface area (Å²) in [5.41, 5.74) is 0.972. The smallest absolute Gasteiger partial charge is 0.242 e. The number of ether oxygens (including phenoxy) is 1. The van der Waals surface area contributed by atoms with Gasteiger partial charge in [-0.15, -0.1) is 11.8 Å². The monoisotopic (exact) mass is 490 g/mol. The van der Waals surface area contributed by atoms with Crippen LogP contribution in [0.4, 0.5) is 0 Å². The highest BCUT2D eigenvalue weighted by Gasteiger charge is 2.28. The van der Waals surface area contributed by atoms with Crippen LogP contribution in [0.1, 0.15) is 51.5 Å². The van der Waals surface area contributed by atoms with Gasteiger partial charge in [0, 0.05) is 29.4 Å². The molecule has 0 bridgehead atoms. The Morgan fingerprint density at radius 3 is 2.36 bits per heavy atom. The number of methoxy groups -OCH3 is 1. The lowest BCUT2D eigenvalue weighted by Gasteiger charge is -2.31. The van der Waals surface area contributed by atoms with Crippen molar-refractivity contribution < 1.29 is 14.3 Å². The van der Waals surface area contributed by atoms with E-state index >= 15 is 0 Å². The number of hydrogen-bond donors (Lipinski definition) is 1. The number of halogens is 1. The van der Waals surface area contributed by atoms with Gasteiger partial charge in [-0.3, -0.25) is 9.59 Å². The highest BCUT2D eigenvalue weighted by molar-refractivity contribution is 7.99. The second-order valence-corrected chi connectivity index (χ2v) is 9.45. The zero-order valence-electron chi connectivity index (χ0n) is 19.8. The molecule has 0 fully saturated rings. The molecule has 0 saturated carbocycles. The first-order valence-electron chi connectivity index (χ1n) is 11.6. The molecular weight excluding hydrogens is 456 g/mol. The van der Waals surface area contributed by atoms with Crippen LogP contribution in [0.3, 0.4) is 0 Å². The summed E-state index contributed by atoms with van der Waals surface area (Å²) in [4.78, 5) is 29.0. The molecule has 0 aromatic heterocycles. The predicted molar refractivity (Wildman–Crippen MR) is 137 cm³/mol. The Hall–Kier alpha value is -2.18. The molecule has 0 radical (unpaired) electrons. The van der Waals surface area contributed by atoms with E-state index in [1.807, 2.05) is 55.5 Å². The Morgan fingerprint density at radius 1 is 1.06 bits per heavy atom. The Morgan fingerprint density at radius 2 is 1.76 bits per heavy atom. The molecule has 0 aliphatic rings. The maximum atomic E-state index is 13.3. The van der Waals surface area contributed by atoms with Crippen LogP contribution < -0.4 is 10.1 Å². The number of unbranched alkanes of at least 4 members (excludes halogenated alkanes) is 1. The van der Waals surface area contributed by atoms with Crippen molar-refractivity contribution in [2.45, 2.75) is 63.4 Å². The third kappa shape index (κ3) is 9.30. The Kier molecular flexibility index (Phi) is 12.2. The number of nitrogens with one attached hydrogen (secondary N) is 1. The first kappa shape index (κ1) is 27.1. The molecule has 2 aromatic carbocycles. The largest absolute Gasteiger partial charge is 0.497 e. The number of rotatable bonds is 14. The maximum Gasteiger partial charge on any atom is 0.242 e. The van der Waals surface area contributed by atoms with Crippen molar-refractivity contribution >= 4 is 35.2 Å². The second kappa shape index (κ2) is 14.9. The van der Waals surface area contributed by atoms with E-state index in [0.717, 1.165) is 41.2 Å². The molecule has 1 atom stereocenters. The molecule has 180 valence electrons. The summed E-state index contributed by atoms with van der Waals surface area (Å²) >= 11 is 7.64. The van der Waals surface area contributed by atoms with Crippen molar-refractivity contribution in [3.8, 4) is 5.75 Å². The summed E-state index contributed by atoms with van der Waals surface area (Å²) in [6.07, 6.45) is 3.64. The summed E-state index contributed by atoms with van der Waals surface area (Å²) in [5.74, 6) is 1.51. The standard InChI is InChI=1S/C26H35ClN2O3S/c1-4-6-17-28-26(31)24(5-2)29(19-20-9-13-22(32-3)14-10-20)25(30)8-7-18-33-23-15-11-21(27)12-16-23/h9-16,24H,4-8,17-19H2,1-3H3,(H,28,31)/t24-/m0/s1. The van der Waals surface area contributed by atoms with Crippen LogP contribution in [0.5, 0.6) is 5.75 Å². The van der Waals surface area contributed by atoms with Crippen LogP contribution in [0, 0.1) is 0 Å². The van der Waals surface area contributed by atoms with Gasteiger partial charge in [0.25, 0.3) is 0 Å². The lowest BCUT2D eigenvalue weighted by molar-refractivity contribution is -0.141. The van der Waals surface area contributed by atoms with E-state index in [-0.39, 0.29) is 11.8 Å². The summed E-state index contributed by atoms with van der Waals surface area (Å²) < 4.78 is 5.24. The molecule has 2 aromatic rings. The minimum atomic E-state index is -0.486. The van der Waals surface area contributed by atoms with Crippen LogP contribution in [0.25, 0.3) is 0 Å². The Labute approximate surface area is 207 Å². The van der Waals surface area contributed by atoms with E-state index in [4.69, 9.17) is 16.3 Å². The molecule has 0 aliphatic carbocycles. The summed E-state index contributed by atoms with van der Waals surface area (Å²) in [5, 5.41) is 3.71. The van der Waals surface area contributed by atoms with E-state index in [2.05, 4.69) is 12.2 Å². The highest BCUT2D eigenvalue weighted by atomic mass is 35.5. The minimum Gasteiger partial charge on any atom is -0.497 e. The zero-order valence-corrected chi connectivity index (χ0v) is 21.4. The predicted octanol–water partition coefficient (Wildman–Crippen LogP) is 5.94. The molecule has 2 rings (SSSR count). The van der Waals surface area contributed by atoms with E-state index in [1.165, 1.54) is 0 Å². The fourth-order valence-electron chi connectivity index (χ4n) is 3.44. The van der Waals surface area contributed by atoms with Crippen molar-refractivity contribution in [2.75, 3.05) is 19.4 Å². The average Bonchev–Trinajstić information content (AvgIpc) is 2.83. The van der Waals surface area contributed by atoms with Crippen molar-refractivity contribution in [3.63, 3.8) is 0 Å². The van der Waals surface area contributed by atoms with Gasteiger partial charge in [-0.1, -0.05) is 44.0 Å². The van der Waals surface area contributed by atoms with Gasteiger partial charge in [0.1, 0.15) is 11.8 Å². The molecule has 2 amide bonds. The van der Waals surface area contributed by atoms with Crippen molar-refractivity contribution in [1.82, 2.24) is 10.2 Å². The number of benzene rings is 2. The van der Waals surface area contributed by atoms with Crippen molar-refractivity contribution in [2.24, 2.45) is 0 Å². The molecule has 0 spiro atoms. The quantitative estimate of drug-likeness (QED) is 0.263. The first-order chi connectivity index (χ1) is 16.0. The zero-order chi connectivity index (χ0) is 24.1. The summed E-state index contributed by atoms with van der Waals surface area (Å²) in [7, 11) is 1.63. The summed E-state index contributed by atoms with van der Waals surface area (Å²) in [6.45, 7) is 5.07. The number of thioether (sulfide) groups is 1. The maximum absolute atomic E-state index is 13.3. The average molecular weight is 491 g/mol. The van der Waals surface area contributed by atoms with Gasteiger partial charge in [-0.25, -0.2) is 0 Å². The molecule has 1 N–H and O–H groups in total. The number of hydrogen-bond acceptors (Lipinski definition) is 4. The number of carbonyl (C=O) groups is 2. The van der Waals surface area contributed by atoms with Gasteiger partial charge < -0.3 is 15.0 Å². The molecule has 0 aliphatic heterocycles. The van der Waals surface area contributed by atoms with Crippen LogP contribution >= 0.6 is 23.4 Å². The topological polar surface area (TPSA) is 58.6 Å². The van der Waals surface area contributed by atoms with Crippen LogP contribution in [-0.2, 0) is 16.1 Å². The lowest BCUT2D eigenvalue weighted by Crippen LogP contribution is -2.49. The SMILES string of the molecule is CCCCNC(=O)[C@H](CC)N(Cc1ccc(OC)cc1)C(=O)CCCSc1ccc(Cl)cc1. The van der Waals surface area contributed by atoms with Crippen molar-refractivity contribution in [3.05, 3.63) is 59.1 Å². The van der Waals surface area contributed by atoms with E-state index in [9.17, 15) is 9.59 Å². The molecule has 0 unspecified atom stereocenters. The molecule has 0 heterocycles. The highest BCUT2D eigenvalue weighted by Crippen LogP contribution is 2.22. The van der Waals surface area contributed by atoms with Gasteiger partial charge >= 0.3 is 0 Å². The van der Waals surface area contributed by atoms with E-state index in [1.54, 1.807) is 23.8 Å². The molecular formula is C26H35ClN2O3S. The van der Waals surface area contributed by atoms with Gasteiger partial charge in [0.05, 0.1) is 7.11 Å². The fourth-order valence-corrected chi connectivity index (χ4v) is 4.42. The van der Waals surface area contributed by atoms with Gasteiger partial charge in [0.2, 0.25) is 11.8 Å². The first-order valence-corrected chi connectivity index (χ1v) is 12.9. The molecule has 0 saturated heterocycles. The molecule has 5 nitrogen and oxygen atoms in total. The number of amides is 2.